The second-order valence-corrected chi connectivity index (χ2v) is 7.06. The molecule has 7 nitrogen and oxygen atoms in total. The Kier molecular flexibility index (Phi) is 5.06. The highest BCUT2D eigenvalue weighted by Gasteiger charge is 2.32. The van der Waals surface area contributed by atoms with Crippen LogP contribution in [-0.4, -0.2) is 44.2 Å². The molecule has 7 heteroatoms. The summed E-state index contributed by atoms with van der Waals surface area (Å²) in [7, 11) is 1.64. The summed E-state index contributed by atoms with van der Waals surface area (Å²) >= 11 is 0. The van der Waals surface area contributed by atoms with Crippen LogP contribution in [0.5, 0.6) is 5.75 Å². The van der Waals surface area contributed by atoms with E-state index in [1.807, 2.05) is 60.4 Å². The predicted molar refractivity (Wildman–Crippen MR) is 105 cm³/mol. The van der Waals surface area contributed by atoms with E-state index in [0.717, 1.165) is 35.3 Å². The number of tetrazole rings is 1. The highest BCUT2D eigenvalue weighted by molar-refractivity contribution is 5.76. The van der Waals surface area contributed by atoms with Crippen LogP contribution in [0.3, 0.4) is 0 Å². The lowest BCUT2D eigenvalue weighted by Crippen LogP contribution is -2.35. The lowest BCUT2D eigenvalue weighted by Gasteiger charge is -2.22. The molecule has 1 heterocycles. The molecule has 0 atom stereocenters. The normalized spacial score (nSPS) is 13.4. The van der Waals surface area contributed by atoms with Gasteiger partial charge in [-0.15, -0.1) is 10.2 Å². The zero-order chi connectivity index (χ0) is 19.5. The minimum Gasteiger partial charge on any atom is -0.497 e. The number of carbonyl (C=O) groups excluding carboxylic acids is 1. The van der Waals surface area contributed by atoms with Crippen molar-refractivity contribution in [1.82, 2.24) is 25.1 Å². The lowest BCUT2D eigenvalue weighted by atomic mass is 10.1. The topological polar surface area (TPSA) is 73.1 Å². The Balaban J connectivity index is 1.46. The van der Waals surface area contributed by atoms with E-state index in [1.165, 1.54) is 4.80 Å². The molecule has 4 rings (SSSR count). The van der Waals surface area contributed by atoms with Gasteiger partial charge in [-0.2, -0.15) is 4.80 Å². The van der Waals surface area contributed by atoms with E-state index < -0.39 is 0 Å². The Labute approximate surface area is 163 Å². The minimum atomic E-state index is 0.00653. The van der Waals surface area contributed by atoms with Crippen molar-refractivity contribution in [2.45, 2.75) is 38.9 Å². The minimum absolute atomic E-state index is 0.00653. The van der Waals surface area contributed by atoms with Crippen LogP contribution in [-0.2, 0) is 17.9 Å². The van der Waals surface area contributed by atoms with Crippen molar-refractivity contribution in [2.75, 3.05) is 7.11 Å². The van der Waals surface area contributed by atoms with Gasteiger partial charge in [0, 0.05) is 18.2 Å². The zero-order valence-corrected chi connectivity index (χ0v) is 16.1. The monoisotopic (exact) mass is 377 g/mol. The average molecular weight is 377 g/mol. The van der Waals surface area contributed by atoms with Gasteiger partial charge in [-0.1, -0.05) is 36.4 Å². The molecule has 1 saturated carbocycles. The van der Waals surface area contributed by atoms with E-state index in [0.29, 0.717) is 18.4 Å². The summed E-state index contributed by atoms with van der Waals surface area (Å²) in [5.41, 5.74) is 3.08. The number of rotatable bonds is 7. The summed E-state index contributed by atoms with van der Waals surface area (Å²) in [5.74, 6) is 1.36. The quantitative estimate of drug-likeness (QED) is 0.633. The molecular formula is C21H23N5O2. The molecule has 0 aliphatic heterocycles. The van der Waals surface area contributed by atoms with Gasteiger partial charge < -0.3 is 9.64 Å². The number of hydrogen-bond acceptors (Lipinski definition) is 5. The number of amides is 1. The summed E-state index contributed by atoms with van der Waals surface area (Å²) in [6.45, 7) is 2.67. The molecule has 28 heavy (non-hydrogen) atoms. The first-order valence-electron chi connectivity index (χ1n) is 9.40. The molecule has 1 amide bonds. The largest absolute Gasteiger partial charge is 0.497 e. The first-order valence-corrected chi connectivity index (χ1v) is 9.40. The van der Waals surface area contributed by atoms with Gasteiger partial charge in [0.15, 0.2) is 0 Å². The summed E-state index contributed by atoms with van der Waals surface area (Å²) in [4.78, 5) is 16.2. The van der Waals surface area contributed by atoms with E-state index in [-0.39, 0.29) is 12.5 Å². The lowest BCUT2D eigenvalue weighted by molar-refractivity contribution is -0.133. The second kappa shape index (κ2) is 7.80. The van der Waals surface area contributed by atoms with Crippen LogP contribution in [0.4, 0.5) is 0 Å². The molecule has 0 radical (unpaired) electrons. The molecule has 0 unspecified atom stereocenters. The van der Waals surface area contributed by atoms with Gasteiger partial charge >= 0.3 is 0 Å². The smallest absolute Gasteiger partial charge is 0.246 e. The maximum absolute atomic E-state index is 12.9. The second-order valence-electron chi connectivity index (χ2n) is 7.06. The predicted octanol–water partition coefficient (Wildman–Crippen LogP) is 2.85. The molecule has 0 saturated heterocycles. The van der Waals surface area contributed by atoms with Crippen molar-refractivity contribution in [3.8, 4) is 17.1 Å². The molecule has 144 valence electrons. The summed E-state index contributed by atoms with van der Waals surface area (Å²) in [6.07, 6.45) is 2.09. The van der Waals surface area contributed by atoms with Gasteiger partial charge in [0.25, 0.3) is 0 Å². The van der Waals surface area contributed by atoms with Gasteiger partial charge in [0.05, 0.1) is 7.11 Å². The number of nitrogens with zero attached hydrogens (tertiary/aromatic N) is 5. The van der Waals surface area contributed by atoms with Gasteiger partial charge in [-0.3, -0.25) is 4.79 Å². The number of aryl methyl sites for hydroxylation is 1. The van der Waals surface area contributed by atoms with E-state index in [9.17, 15) is 4.79 Å². The number of carbonyl (C=O) groups is 1. The fourth-order valence-electron chi connectivity index (χ4n) is 3.19. The molecule has 0 N–H and O–H groups in total. The summed E-state index contributed by atoms with van der Waals surface area (Å²) in [6, 6.07) is 16.0. The van der Waals surface area contributed by atoms with Crippen LogP contribution < -0.4 is 4.74 Å². The van der Waals surface area contributed by atoms with E-state index in [2.05, 4.69) is 15.4 Å². The standard InChI is InChI=1S/C21H23N5O2/c1-15-5-3-4-6-19(15)21-22-24-26(23-21)14-20(27)25(17-9-10-17)13-16-7-11-18(28-2)12-8-16/h3-8,11-12,17H,9-10,13-14H2,1-2H3. The maximum atomic E-state index is 12.9. The van der Waals surface area contributed by atoms with Crippen LogP contribution in [0.1, 0.15) is 24.0 Å². The van der Waals surface area contributed by atoms with E-state index >= 15 is 0 Å². The molecule has 2 aromatic carbocycles. The Morgan fingerprint density at radius 1 is 1.18 bits per heavy atom. The molecule has 0 bridgehead atoms. The van der Waals surface area contributed by atoms with Crippen molar-refractivity contribution in [3.63, 3.8) is 0 Å². The highest BCUT2D eigenvalue weighted by atomic mass is 16.5. The van der Waals surface area contributed by atoms with Gasteiger partial charge in [0.2, 0.25) is 11.7 Å². The first-order chi connectivity index (χ1) is 13.6. The highest BCUT2D eigenvalue weighted by Crippen LogP contribution is 2.29. The summed E-state index contributed by atoms with van der Waals surface area (Å²) < 4.78 is 5.20. The first kappa shape index (κ1) is 18.2. The third-order valence-corrected chi connectivity index (χ3v) is 4.94. The van der Waals surface area contributed by atoms with Crippen molar-refractivity contribution >= 4 is 5.91 Å². The van der Waals surface area contributed by atoms with Gasteiger partial charge in [-0.05, 0) is 48.2 Å². The summed E-state index contributed by atoms with van der Waals surface area (Å²) in [5, 5.41) is 12.6. The molecule has 0 spiro atoms. The number of aromatic nitrogens is 4. The van der Waals surface area contributed by atoms with Crippen LogP contribution in [0.2, 0.25) is 0 Å². The van der Waals surface area contributed by atoms with Crippen molar-refractivity contribution in [2.24, 2.45) is 0 Å². The molecule has 3 aromatic rings. The maximum Gasteiger partial charge on any atom is 0.246 e. The third kappa shape index (κ3) is 4.03. The zero-order valence-electron chi connectivity index (χ0n) is 16.1. The Morgan fingerprint density at radius 2 is 1.93 bits per heavy atom. The van der Waals surface area contributed by atoms with Crippen LogP contribution in [0, 0.1) is 6.92 Å². The Morgan fingerprint density at radius 3 is 2.61 bits per heavy atom. The number of benzene rings is 2. The van der Waals surface area contributed by atoms with Crippen molar-refractivity contribution in [1.29, 1.82) is 0 Å². The van der Waals surface area contributed by atoms with Gasteiger partial charge in [0.1, 0.15) is 12.3 Å². The van der Waals surface area contributed by atoms with Crippen LogP contribution in [0.15, 0.2) is 48.5 Å². The van der Waals surface area contributed by atoms with Gasteiger partial charge in [-0.25, -0.2) is 0 Å². The SMILES string of the molecule is COc1ccc(CN(C(=O)Cn2nnc(-c3ccccc3C)n2)C2CC2)cc1. The fraction of sp³-hybridized carbons (Fsp3) is 0.333. The fourth-order valence-corrected chi connectivity index (χ4v) is 3.19. The number of methoxy groups -OCH3 is 1. The molecular weight excluding hydrogens is 354 g/mol. The Hall–Kier alpha value is -3.22. The van der Waals surface area contributed by atoms with E-state index in [4.69, 9.17) is 4.74 Å². The molecule has 1 aliphatic rings. The molecule has 1 aromatic heterocycles. The van der Waals surface area contributed by atoms with Crippen LogP contribution in [0.25, 0.3) is 11.4 Å². The van der Waals surface area contributed by atoms with Crippen molar-refractivity contribution < 1.29 is 9.53 Å². The van der Waals surface area contributed by atoms with Crippen molar-refractivity contribution in [3.05, 3.63) is 59.7 Å². The Bertz CT molecular complexity index is 963. The van der Waals surface area contributed by atoms with E-state index in [1.54, 1.807) is 7.11 Å². The third-order valence-electron chi connectivity index (χ3n) is 4.94. The molecule has 1 aliphatic carbocycles. The van der Waals surface area contributed by atoms with Crippen LogP contribution >= 0.6 is 0 Å². The molecule has 1 fully saturated rings. The average Bonchev–Trinajstić information content (AvgIpc) is 3.45. The number of ether oxygens (including phenoxy) is 1. The number of hydrogen-bond donors (Lipinski definition) is 0.